The fourth-order valence-corrected chi connectivity index (χ4v) is 1.12. The van der Waals surface area contributed by atoms with Crippen molar-refractivity contribution in [3.8, 4) is 5.75 Å². The van der Waals surface area contributed by atoms with E-state index in [1.807, 2.05) is 12.1 Å². The lowest BCUT2D eigenvalue weighted by atomic mass is 10.1. The van der Waals surface area contributed by atoms with Gasteiger partial charge in [-0.2, -0.15) is 0 Å². The number of ether oxygens (including phenoxy) is 2. The van der Waals surface area contributed by atoms with E-state index in [1.165, 1.54) is 0 Å². The summed E-state index contributed by atoms with van der Waals surface area (Å²) >= 11 is 0. The molecule has 0 heterocycles. The first-order valence-corrected chi connectivity index (χ1v) is 4.23. The van der Waals surface area contributed by atoms with Crippen LogP contribution in [0.5, 0.6) is 5.75 Å². The average molecular weight is 195 g/mol. The predicted molar refractivity (Wildman–Crippen MR) is 52.1 cm³/mol. The van der Waals surface area contributed by atoms with Crippen LogP contribution in [0.2, 0.25) is 0 Å². The summed E-state index contributed by atoms with van der Waals surface area (Å²) in [6, 6.07) is 7.26. The lowest BCUT2D eigenvalue weighted by Gasteiger charge is -2.11. The van der Waals surface area contributed by atoms with Gasteiger partial charge in [0.15, 0.2) is 0 Å². The van der Waals surface area contributed by atoms with Crippen LogP contribution in [0, 0.1) is 0 Å². The van der Waals surface area contributed by atoms with Crippen molar-refractivity contribution in [2.75, 3.05) is 7.11 Å². The first kappa shape index (κ1) is 10.4. The van der Waals surface area contributed by atoms with Gasteiger partial charge in [-0.15, -0.1) is 0 Å². The molecule has 0 aromatic heterocycles. The summed E-state index contributed by atoms with van der Waals surface area (Å²) in [5.41, 5.74) is 5.78. The van der Waals surface area contributed by atoms with Gasteiger partial charge < -0.3 is 15.2 Å². The molecule has 1 rings (SSSR count). The van der Waals surface area contributed by atoms with Crippen molar-refractivity contribution in [3.63, 3.8) is 0 Å². The highest BCUT2D eigenvalue weighted by Crippen LogP contribution is 2.19. The highest BCUT2D eigenvalue weighted by atomic mass is 16.6. The van der Waals surface area contributed by atoms with E-state index in [1.54, 1.807) is 26.2 Å². The van der Waals surface area contributed by atoms with Gasteiger partial charge in [-0.1, -0.05) is 12.1 Å². The Balaban J connectivity index is 2.71. The second-order valence-corrected chi connectivity index (χ2v) is 2.85. The van der Waals surface area contributed by atoms with Crippen molar-refractivity contribution >= 4 is 6.09 Å². The summed E-state index contributed by atoms with van der Waals surface area (Å²) in [6.45, 7) is 1.76. The molecule has 14 heavy (non-hydrogen) atoms. The fraction of sp³-hybridized carbons (Fsp3) is 0.300. The van der Waals surface area contributed by atoms with Crippen LogP contribution in [0.4, 0.5) is 4.79 Å². The molecule has 2 N–H and O–H groups in total. The molecule has 1 atom stereocenters. The SMILES string of the molecule is COc1ccc(C(C)OC(N)=O)cc1. The van der Waals surface area contributed by atoms with Crippen LogP contribution in [0.15, 0.2) is 24.3 Å². The third kappa shape index (κ3) is 2.65. The molecule has 0 aliphatic rings. The van der Waals surface area contributed by atoms with E-state index in [2.05, 4.69) is 0 Å². The zero-order valence-electron chi connectivity index (χ0n) is 8.19. The van der Waals surface area contributed by atoms with Gasteiger partial charge in [0, 0.05) is 0 Å². The maximum absolute atomic E-state index is 10.5. The minimum Gasteiger partial charge on any atom is -0.497 e. The van der Waals surface area contributed by atoms with Gasteiger partial charge in [0.25, 0.3) is 0 Å². The number of nitrogens with two attached hydrogens (primary N) is 1. The fourth-order valence-electron chi connectivity index (χ4n) is 1.12. The highest BCUT2D eigenvalue weighted by Gasteiger charge is 2.08. The lowest BCUT2D eigenvalue weighted by Crippen LogP contribution is -2.15. The molecule has 4 heteroatoms. The Bertz CT molecular complexity index is 308. The number of hydrogen-bond acceptors (Lipinski definition) is 3. The van der Waals surface area contributed by atoms with E-state index in [9.17, 15) is 4.79 Å². The number of carbonyl (C=O) groups excluding carboxylic acids is 1. The van der Waals surface area contributed by atoms with Gasteiger partial charge in [-0.05, 0) is 24.6 Å². The van der Waals surface area contributed by atoms with Gasteiger partial charge in [0.1, 0.15) is 11.9 Å². The smallest absolute Gasteiger partial charge is 0.405 e. The third-order valence-electron chi connectivity index (χ3n) is 1.88. The Kier molecular flexibility index (Phi) is 3.34. The summed E-state index contributed by atoms with van der Waals surface area (Å²) in [6.07, 6.45) is -1.10. The number of rotatable bonds is 3. The zero-order valence-corrected chi connectivity index (χ0v) is 8.19. The quantitative estimate of drug-likeness (QED) is 0.800. The van der Waals surface area contributed by atoms with Gasteiger partial charge in [0.05, 0.1) is 7.11 Å². The molecule has 0 spiro atoms. The number of primary amides is 1. The molecule has 0 aliphatic carbocycles. The summed E-state index contributed by atoms with van der Waals surface area (Å²) in [5, 5.41) is 0. The van der Waals surface area contributed by atoms with Crippen molar-refractivity contribution < 1.29 is 14.3 Å². The van der Waals surface area contributed by atoms with Crippen molar-refractivity contribution in [1.82, 2.24) is 0 Å². The molecular weight excluding hydrogens is 182 g/mol. The number of benzene rings is 1. The topological polar surface area (TPSA) is 61.6 Å². The second-order valence-electron chi connectivity index (χ2n) is 2.85. The minimum absolute atomic E-state index is 0.335. The maximum atomic E-state index is 10.5. The molecule has 76 valence electrons. The third-order valence-corrected chi connectivity index (χ3v) is 1.88. The first-order chi connectivity index (χ1) is 6.63. The molecule has 0 aliphatic heterocycles. The summed E-state index contributed by atoms with van der Waals surface area (Å²) < 4.78 is 9.81. The Morgan fingerprint density at radius 3 is 2.36 bits per heavy atom. The normalized spacial score (nSPS) is 11.9. The second kappa shape index (κ2) is 4.50. The molecule has 0 saturated heterocycles. The summed E-state index contributed by atoms with van der Waals surface area (Å²) in [5.74, 6) is 0.764. The number of carbonyl (C=O) groups is 1. The zero-order chi connectivity index (χ0) is 10.6. The molecule has 0 fully saturated rings. The van der Waals surface area contributed by atoms with E-state index in [0.717, 1.165) is 11.3 Å². The summed E-state index contributed by atoms with van der Waals surface area (Å²) in [4.78, 5) is 10.5. The van der Waals surface area contributed by atoms with Crippen LogP contribution in [-0.4, -0.2) is 13.2 Å². The number of methoxy groups -OCH3 is 1. The van der Waals surface area contributed by atoms with Crippen LogP contribution >= 0.6 is 0 Å². The van der Waals surface area contributed by atoms with E-state index in [-0.39, 0.29) is 6.10 Å². The molecule has 0 bridgehead atoms. The van der Waals surface area contributed by atoms with Crippen molar-refractivity contribution in [1.29, 1.82) is 0 Å². The van der Waals surface area contributed by atoms with Crippen molar-refractivity contribution in [2.45, 2.75) is 13.0 Å². The van der Waals surface area contributed by atoms with Crippen LogP contribution in [-0.2, 0) is 4.74 Å². The van der Waals surface area contributed by atoms with E-state index in [0.29, 0.717) is 0 Å². The van der Waals surface area contributed by atoms with Crippen LogP contribution in [0.1, 0.15) is 18.6 Å². The molecular formula is C10H13NO3. The number of amides is 1. The molecule has 1 amide bonds. The Morgan fingerprint density at radius 2 is 1.93 bits per heavy atom. The van der Waals surface area contributed by atoms with Crippen LogP contribution < -0.4 is 10.5 Å². The Hall–Kier alpha value is -1.71. The molecule has 0 radical (unpaired) electrons. The largest absolute Gasteiger partial charge is 0.497 e. The van der Waals surface area contributed by atoms with Gasteiger partial charge in [0.2, 0.25) is 0 Å². The average Bonchev–Trinajstić information content (AvgIpc) is 2.17. The lowest BCUT2D eigenvalue weighted by molar-refractivity contribution is 0.116. The molecule has 1 aromatic carbocycles. The van der Waals surface area contributed by atoms with Gasteiger partial charge in [-0.25, -0.2) is 4.79 Å². The summed E-state index contributed by atoms with van der Waals surface area (Å²) in [7, 11) is 1.60. The Morgan fingerprint density at radius 1 is 1.36 bits per heavy atom. The van der Waals surface area contributed by atoms with Gasteiger partial charge >= 0.3 is 6.09 Å². The van der Waals surface area contributed by atoms with E-state index in [4.69, 9.17) is 15.2 Å². The van der Waals surface area contributed by atoms with Crippen molar-refractivity contribution in [3.05, 3.63) is 29.8 Å². The molecule has 0 saturated carbocycles. The Labute approximate surface area is 82.6 Å². The predicted octanol–water partition coefficient (Wildman–Crippen LogP) is 1.85. The highest BCUT2D eigenvalue weighted by molar-refractivity contribution is 5.65. The van der Waals surface area contributed by atoms with Gasteiger partial charge in [-0.3, -0.25) is 0 Å². The van der Waals surface area contributed by atoms with E-state index < -0.39 is 6.09 Å². The molecule has 4 nitrogen and oxygen atoms in total. The van der Waals surface area contributed by atoms with Crippen LogP contribution in [0.3, 0.4) is 0 Å². The molecule has 1 aromatic rings. The monoisotopic (exact) mass is 195 g/mol. The number of hydrogen-bond donors (Lipinski definition) is 1. The van der Waals surface area contributed by atoms with Crippen LogP contribution in [0.25, 0.3) is 0 Å². The minimum atomic E-state index is -0.770. The first-order valence-electron chi connectivity index (χ1n) is 4.23. The maximum Gasteiger partial charge on any atom is 0.405 e. The van der Waals surface area contributed by atoms with E-state index >= 15 is 0 Å². The van der Waals surface area contributed by atoms with Crippen molar-refractivity contribution in [2.24, 2.45) is 5.73 Å². The molecule has 1 unspecified atom stereocenters. The standard InChI is InChI=1S/C10H13NO3/c1-7(14-10(11)12)8-3-5-9(13-2)6-4-8/h3-7H,1-2H3,(H2,11,12).